The lowest BCUT2D eigenvalue weighted by atomic mass is 10.4. The fourth-order valence-electron chi connectivity index (χ4n) is 0.536. The van der Waals surface area contributed by atoms with Gasteiger partial charge in [0, 0.05) is 11.8 Å². The summed E-state index contributed by atoms with van der Waals surface area (Å²) in [4.78, 5) is 0. The second kappa shape index (κ2) is 6.01. The summed E-state index contributed by atoms with van der Waals surface area (Å²) in [6, 6.07) is 0.257. The highest BCUT2D eigenvalue weighted by molar-refractivity contribution is 7.99. The van der Waals surface area contributed by atoms with Crippen LogP contribution in [0.15, 0.2) is 0 Å². The van der Waals surface area contributed by atoms with Gasteiger partial charge in [-0.2, -0.15) is 11.8 Å². The average Bonchev–Trinajstić information content (AvgIpc) is 1.90. The van der Waals surface area contributed by atoms with Crippen LogP contribution in [0.2, 0.25) is 0 Å². The standard InChI is InChI=1S/C7H17NOS/c1-6(2)10-5-7(4-9)8-3/h6-9H,4-5H2,1-3H3. The van der Waals surface area contributed by atoms with E-state index in [4.69, 9.17) is 5.11 Å². The molecule has 0 radical (unpaired) electrons. The molecule has 0 saturated carbocycles. The van der Waals surface area contributed by atoms with Crippen molar-refractivity contribution in [3.8, 4) is 0 Å². The van der Waals surface area contributed by atoms with Crippen molar-refractivity contribution in [1.82, 2.24) is 5.32 Å². The smallest absolute Gasteiger partial charge is 0.0592 e. The maximum absolute atomic E-state index is 8.76. The number of hydrogen-bond donors (Lipinski definition) is 2. The van der Waals surface area contributed by atoms with Crippen LogP contribution >= 0.6 is 11.8 Å². The highest BCUT2D eigenvalue weighted by atomic mass is 32.2. The van der Waals surface area contributed by atoms with Gasteiger partial charge in [-0.25, -0.2) is 0 Å². The van der Waals surface area contributed by atoms with Gasteiger partial charge in [0.15, 0.2) is 0 Å². The number of hydrogen-bond acceptors (Lipinski definition) is 3. The van der Waals surface area contributed by atoms with Crippen LogP contribution in [0.5, 0.6) is 0 Å². The molecule has 1 unspecified atom stereocenters. The van der Waals surface area contributed by atoms with Crippen molar-refractivity contribution in [3.63, 3.8) is 0 Å². The summed E-state index contributed by atoms with van der Waals surface area (Å²) in [6.07, 6.45) is 0. The first-order valence-corrected chi connectivity index (χ1v) is 4.65. The summed E-state index contributed by atoms with van der Waals surface area (Å²) >= 11 is 1.87. The van der Waals surface area contributed by atoms with Gasteiger partial charge in [-0.15, -0.1) is 0 Å². The summed E-state index contributed by atoms with van der Waals surface area (Å²) in [5, 5.41) is 12.5. The topological polar surface area (TPSA) is 32.3 Å². The van der Waals surface area contributed by atoms with Gasteiger partial charge in [-0.05, 0) is 12.3 Å². The van der Waals surface area contributed by atoms with Crippen LogP contribution < -0.4 is 5.32 Å². The molecule has 0 aromatic carbocycles. The molecule has 3 heteroatoms. The number of likely N-dealkylation sites (N-methyl/N-ethyl adjacent to an activating group) is 1. The van der Waals surface area contributed by atoms with Crippen LogP contribution in [0.3, 0.4) is 0 Å². The van der Waals surface area contributed by atoms with E-state index in [0.717, 1.165) is 5.75 Å². The minimum absolute atomic E-state index is 0.232. The van der Waals surface area contributed by atoms with E-state index in [1.54, 1.807) is 0 Å². The Morgan fingerprint density at radius 1 is 1.50 bits per heavy atom. The summed E-state index contributed by atoms with van der Waals surface area (Å²) < 4.78 is 0. The van der Waals surface area contributed by atoms with Crippen molar-refractivity contribution in [1.29, 1.82) is 0 Å². The molecule has 0 aliphatic heterocycles. The Labute approximate surface area is 67.4 Å². The van der Waals surface area contributed by atoms with E-state index < -0.39 is 0 Å². The monoisotopic (exact) mass is 163 g/mol. The van der Waals surface area contributed by atoms with E-state index in [-0.39, 0.29) is 12.6 Å². The quantitative estimate of drug-likeness (QED) is 0.626. The van der Waals surface area contributed by atoms with Crippen molar-refractivity contribution >= 4 is 11.8 Å². The molecule has 0 aromatic rings. The molecule has 0 heterocycles. The average molecular weight is 163 g/mol. The number of aliphatic hydroxyl groups is 1. The molecular weight excluding hydrogens is 146 g/mol. The third-order valence-electron chi connectivity index (χ3n) is 1.26. The number of thioether (sulfide) groups is 1. The Morgan fingerprint density at radius 3 is 2.40 bits per heavy atom. The largest absolute Gasteiger partial charge is 0.395 e. The van der Waals surface area contributed by atoms with E-state index in [1.807, 2.05) is 18.8 Å². The minimum Gasteiger partial charge on any atom is -0.395 e. The molecule has 0 aliphatic rings. The van der Waals surface area contributed by atoms with Gasteiger partial charge in [-0.1, -0.05) is 13.8 Å². The SMILES string of the molecule is CNC(CO)CSC(C)C. The zero-order valence-electron chi connectivity index (χ0n) is 6.92. The van der Waals surface area contributed by atoms with Crippen molar-refractivity contribution in [3.05, 3.63) is 0 Å². The van der Waals surface area contributed by atoms with Gasteiger partial charge in [0.25, 0.3) is 0 Å². The Kier molecular flexibility index (Phi) is 6.17. The molecule has 62 valence electrons. The molecule has 2 N–H and O–H groups in total. The van der Waals surface area contributed by atoms with Crippen LogP contribution in [0.25, 0.3) is 0 Å². The van der Waals surface area contributed by atoms with Gasteiger partial charge < -0.3 is 10.4 Å². The molecule has 0 saturated heterocycles. The molecule has 0 aliphatic carbocycles. The molecular formula is C7H17NOS. The van der Waals surface area contributed by atoms with Crippen LogP contribution in [0, 0.1) is 0 Å². The summed E-state index contributed by atoms with van der Waals surface area (Å²) in [5.74, 6) is 0.991. The summed E-state index contributed by atoms with van der Waals surface area (Å²) in [5.41, 5.74) is 0. The lowest BCUT2D eigenvalue weighted by Gasteiger charge is -2.13. The molecule has 0 bridgehead atoms. The van der Waals surface area contributed by atoms with Crippen LogP contribution in [-0.4, -0.2) is 35.8 Å². The van der Waals surface area contributed by atoms with Crippen molar-refractivity contribution in [2.45, 2.75) is 25.1 Å². The zero-order valence-corrected chi connectivity index (χ0v) is 7.74. The van der Waals surface area contributed by atoms with Crippen LogP contribution in [-0.2, 0) is 0 Å². The van der Waals surface area contributed by atoms with E-state index in [2.05, 4.69) is 19.2 Å². The molecule has 0 amide bonds. The normalized spacial score (nSPS) is 14.1. The molecule has 0 aromatic heterocycles. The van der Waals surface area contributed by atoms with Gasteiger partial charge in [-0.3, -0.25) is 0 Å². The highest BCUT2D eigenvalue weighted by Crippen LogP contribution is 2.09. The van der Waals surface area contributed by atoms with E-state index in [0.29, 0.717) is 5.25 Å². The second-order valence-corrected chi connectivity index (χ2v) is 4.16. The molecule has 0 fully saturated rings. The fraction of sp³-hybridized carbons (Fsp3) is 1.00. The predicted molar refractivity (Wildman–Crippen MR) is 47.5 cm³/mol. The fourth-order valence-corrected chi connectivity index (χ4v) is 1.43. The van der Waals surface area contributed by atoms with Crippen LogP contribution in [0.4, 0.5) is 0 Å². The summed E-state index contributed by atoms with van der Waals surface area (Å²) in [7, 11) is 1.88. The third kappa shape index (κ3) is 5.09. The first-order valence-electron chi connectivity index (χ1n) is 3.60. The molecule has 0 rings (SSSR count). The van der Waals surface area contributed by atoms with E-state index in [1.165, 1.54) is 0 Å². The minimum atomic E-state index is 0.232. The second-order valence-electron chi connectivity index (χ2n) is 2.55. The Hall–Kier alpha value is 0.270. The number of nitrogens with one attached hydrogen (secondary N) is 1. The number of rotatable bonds is 5. The highest BCUT2D eigenvalue weighted by Gasteiger charge is 2.04. The van der Waals surface area contributed by atoms with Crippen molar-refractivity contribution in [2.75, 3.05) is 19.4 Å². The first-order chi connectivity index (χ1) is 4.70. The van der Waals surface area contributed by atoms with Crippen molar-refractivity contribution < 1.29 is 5.11 Å². The third-order valence-corrected chi connectivity index (χ3v) is 2.52. The maximum Gasteiger partial charge on any atom is 0.0592 e. The Balaban J connectivity index is 3.26. The van der Waals surface area contributed by atoms with E-state index in [9.17, 15) is 0 Å². The molecule has 10 heavy (non-hydrogen) atoms. The predicted octanol–water partition coefficient (Wildman–Crippen LogP) is 0.708. The Morgan fingerprint density at radius 2 is 2.10 bits per heavy atom. The zero-order chi connectivity index (χ0) is 7.98. The van der Waals surface area contributed by atoms with Gasteiger partial charge in [0.05, 0.1) is 6.61 Å². The van der Waals surface area contributed by atoms with Gasteiger partial charge >= 0.3 is 0 Å². The van der Waals surface area contributed by atoms with E-state index >= 15 is 0 Å². The number of aliphatic hydroxyl groups excluding tert-OH is 1. The van der Waals surface area contributed by atoms with Gasteiger partial charge in [0.2, 0.25) is 0 Å². The van der Waals surface area contributed by atoms with Gasteiger partial charge in [0.1, 0.15) is 0 Å². The first kappa shape index (κ1) is 10.3. The maximum atomic E-state index is 8.76. The lowest BCUT2D eigenvalue weighted by Crippen LogP contribution is -2.31. The van der Waals surface area contributed by atoms with Crippen LogP contribution in [0.1, 0.15) is 13.8 Å². The molecule has 0 spiro atoms. The molecule has 2 nitrogen and oxygen atoms in total. The lowest BCUT2D eigenvalue weighted by molar-refractivity contribution is 0.260. The summed E-state index contributed by atoms with van der Waals surface area (Å²) in [6.45, 7) is 4.56. The Bertz CT molecular complexity index is 74.0. The molecule has 1 atom stereocenters. The van der Waals surface area contributed by atoms with Crippen molar-refractivity contribution in [2.24, 2.45) is 0 Å².